The van der Waals surface area contributed by atoms with Crippen molar-refractivity contribution in [2.75, 3.05) is 0 Å². The van der Waals surface area contributed by atoms with Gasteiger partial charge in [0.2, 0.25) is 0 Å². The van der Waals surface area contributed by atoms with Gasteiger partial charge in [0.25, 0.3) is 0 Å². The number of halogens is 1. The number of rotatable bonds is 2. The van der Waals surface area contributed by atoms with E-state index in [0.717, 1.165) is 0 Å². The van der Waals surface area contributed by atoms with Crippen LogP contribution in [0.25, 0.3) is 0 Å². The van der Waals surface area contributed by atoms with Crippen LogP contribution in [-0.2, 0) is 4.79 Å². The second kappa shape index (κ2) is 5.26. The summed E-state index contributed by atoms with van der Waals surface area (Å²) in [7, 11) is 0. The van der Waals surface area contributed by atoms with Crippen LogP contribution in [0.5, 0.6) is 0 Å². The van der Waals surface area contributed by atoms with Crippen molar-refractivity contribution in [2.24, 2.45) is 23.2 Å². The van der Waals surface area contributed by atoms with Crippen LogP contribution in [0, 0.1) is 23.2 Å². The van der Waals surface area contributed by atoms with Crippen molar-refractivity contribution in [3.63, 3.8) is 0 Å². The first-order chi connectivity index (χ1) is 8.13. The lowest BCUT2D eigenvalue weighted by Gasteiger charge is -2.52. The highest BCUT2D eigenvalue weighted by Crippen LogP contribution is 2.57. The van der Waals surface area contributed by atoms with E-state index in [2.05, 4.69) is 34.8 Å². The van der Waals surface area contributed by atoms with E-state index in [-0.39, 0.29) is 5.92 Å². The number of fused-ring (bicyclic) bond motifs is 1. The Hall–Kier alpha value is -0.110. The van der Waals surface area contributed by atoms with Gasteiger partial charge in [0.05, 0.1) is 0 Å². The topological polar surface area (TPSA) is 17.1 Å². The van der Waals surface area contributed by atoms with Crippen molar-refractivity contribution in [1.82, 2.24) is 0 Å². The van der Waals surface area contributed by atoms with E-state index in [9.17, 15) is 4.79 Å². The molecule has 0 spiro atoms. The summed E-state index contributed by atoms with van der Waals surface area (Å²) in [5, 5.41) is 0. The largest absolute Gasteiger partial charge is 0.303 e. The first kappa shape index (κ1) is 13.3. The Morgan fingerprint density at radius 1 is 1.41 bits per heavy atom. The number of carbonyl (C=O) groups is 1. The summed E-state index contributed by atoms with van der Waals surface area (Å²) in [6.07, 6.45) is 8.83. The Balaban J connectivity index is 2.30. The van der Waals surface area contributed by atoms with Crippen molar-refractivity contribution < 1.29 is 4.79 Å². The van der Waals surface area contributed by atoms with Crippen LogP contribution < -0.4 is 0 Å². The predicted molar refractivity (Wildman–Crippen MR) is 75.0 cm³/mol. The second-order valence-corrected chi connectivity index (χ2v) is 6.59. The van der Waals surface area contributed by atoms with E-state index in [4.69, 9.17) is 0 Å². The maximum atomic E-state index is 11.1. The molecule has 0 aromatic heterocycles. The molecule has 96 valence electrons. The lowest BCUT2D eigenvalue weighted by molar-refractivity contribution is -0.116. The summed E-state index contributed by atoms with van der Waals surface area (Å²) in [6, 6.07) is 0. The first-order valence-electron chi connectivity index (χ1n) is 6.88. The third kappa shape index (κ3) is 2.25. The Bertz CT molecular complexity index is 323. The number of hydrogen-bond acceptors (Lipinski definition) is 1. The zero-order valence-corrected chi connectivity index (χ0v) is 12.5. The summed E-state index contributed by atoms with van der Waals surface area (Å²) in [6.45, 7) is 4.54. The summed E-state index contributed by atoms with van der Waals surface area (Å²) in [5.74, 6) is 1.51. The van der Waals surface area contributed by atoms with E-state index in [1.807, 2.05) is 0 Å². The Morgan fingerprint density at radius 3 is 2.82 bits per heavy atom. The highest BCUT2D eigenvalue weighted by atomic mass is 79.9. The fourth-order valence-electron chi connectivity index (χ4n) is 4.36. The van der Waals surface area contributed by atoms with Gasteiger partial charge in [-0.2, -0.15) is 0 Å². The van der Waals surface area contributed by atoms with Gasteiger partial charge in [-0.1, -0.05) is 41.8 Å². The van der Waals surface area contributed by atoms with E-state index in [1.54, 1.807) is 5.57 Å². The van der Waals surface area contributed by atoms with E-state index in [0.29, 0.717) is 17.3 Å². The van der Waals surface area contributed by atoms with Gasteiger partial charge in [-0.05, 0) is 54.3 Å². The number of allylic oxidation sites excluding steroid dienone is 1. The van der Waals surface area contributed by atoms with E-state index >= 15 is 0 Å². The van der Waals surface area contributed by atoms with Gasteiger partial charge in [-0.25, -0.2) is 0 Å². The summed E-state index contributed by atoms with van der Waals surface area (Å²) < 4.78 is 0. The molecule has 0 radical (unpaired) electrons. The normalized spacial score (nSPS) is 41.9. The molecule has 3 unspecified atom stereocenters. The second-order valence-electron chi connectivity index (χ2n) is 6.13. The molecule has 0 amide bonds. The minimum atomic E-state index is 0.220. The van der Waals surface area contributed by atoms with Crippen LogP contribution in [0.15, 0.2) is 10.6 Å². The average Bonchev–Trinajstić information content (AvgIpc) is 2.35. The molecule has 2 aliphatic rings. The van der Waals surface area contributed by atoms with Gasteiger partial charge in [-0.15, -0.1) is 0 Å². The van der Waals surface area contributed by atoms with Crippen LogP contribution in [0.1, 0.15) is 52.4 Å². The Labute approximate surface area is 113 Å². The van der Waals surface area contributed by atoms with Crippen LogP contribution in [0.2, 0.25) is 0 Å². The zero-order chi connectivity index (χ0) is 12.5. The maximum absolute atomic E-state index is 11.1. The van der Waals surface area contributed by atoms with Crippen molar-refractivity contribution in [3.8, 4) is 0 Å². The molecular formula is C15H23BrO. The number of hydrogen-bond donors (Lipinski definition) is 0. The number of carbonyl (C=O) groups excluding carboxylic acids is 1. The monoisotopic (exact) mass is 298 g/mol. The van der Waals surface area contributed by atoms with Gasteiger partial charge in [0.1, 0.15) is 6.29 Å². The van der Waals surface area contributed by atoms with E-state index < -0.39 is 0 Å². The maximum Gasteiger partial charge on any atom is 0.123 e. The van der Waals surface area contributed by atoms with Crippen molar-refractivity contribution in [1.29, 1.82) is 0 Å². The van der Waals surface area contributed by atoms with Crippen LogP contribution in [0.4, 0.5) is 0 Å². The molecule has 2 saturated carbocycles. The molecule has 0 aromatic rings. The highest BCUT2D eigenvalue weighted by molar-refractivity contribution is 9.11. The minimum absolute atomic E-state index is 0.220. The molecule has 0 saturated heterocycles. The third-order valence-electron chi connectivity index (χ3n) is 5.27. The summed E-state index contributed by atoms with van der Waals surface area (Å²) >= 11 is 3.54. The fourth-order valence-corrected chi connectivity index (χ4v) is 4.91. The molecule has 0 N–H and O–H groups in total. The molecule has 0 heterocycles. The SMILES string of the molecule is C[C@H](C=O)C1CCCC2/C(=C/Br)CCCC21C. The predicted octanol–water partition coefficient (Wildman–Crippen LogP) is 4.71. The average molecular weight is 299 g/mol. The van der Waals surface area contributed by atoms with Crippen LogP contribution >= 0.6 is 15.9 Å². The molecule has 17 heavy (non-hydrogen) atoms. The van der Waals surface area contributed by atoms with E-state index in [1.165, 1.54) is 44.8 Å². The molecule has 2 rings (SSSR count). The molecule has 4 atom stereocenters. The molecule has 0 aromatic carbocycles. The first-order valence-corrected chi connectivity index (χ1v) is 7.79. The standard InChI is InChI=1S/C15H23BrO/c1-11(10-17)13-6-3-7-14-12(9-16)5-4-8-15(13,14)2/h9-11,13-14H,3-8H2,1-2H3/b12-9+/t11-,13?,14?,15?/m1/s1. The van der Waals surface area contributed by atoms with Crippen molar-refractivity contribution in [3.05, 3.63) is 10.6 Å². The van der Waals surface area contributed by atoms with Gasteiger partial charge < -0.3 is 4.79 Å². The van der Waals surface area contributed by atoms with Gasteiger partial charge >= 0.3 is 0 Å². The smallest absolute Gasteiger partial charge is 0.123 e. The zero-order valence-electron chi connectivity index (χ0n) is 10.9. The van der Waals surface area contributed by atoms with Crippen LogP contribution in [-0.4, -0.2) is 6.29 Å². The summed E-state index contributed by atoms with van der Waals surface area (Å²) in [5.41, 5.74) is 1.94. The fraction of sp³-hybridized carbons (Fsp3) is 0.800. The van der Waals surface area contributed by atoms with Crippen molar-refractivity contribution in [2.45, 2.75) is 52.4 Å². The molecule has 2 fully saturated rings. The summed E-state index contributed by atoms with van der Waals surface area (Å²) in [4.78, 5) is 13.3. The van der Waals surface area contributed by atoms with Crippen LogP contribution in [0.3, 0.4) is 0 Å². The number of aldehydes is 1. The van der Waals surface area contributed by atoms with Crippen molar-refractivity contribution >= 4 is 22.2 Å². The lowest BCUT2D eigenvalue weighted by atomic mass is 9.52. The Morgan fingerprint density at radius 2 is 2.18 bits per heavy atom. The van der Waals surface area contributed by atoms with Gasteiger partial charge in [0.15, 0.2) is 0 Å². The quantitative estimate of drug-likeness (QED) is 0.675. The third-order valence-corrected chi connectivity index (χ3v) is 5.86. The molecule has 2 aliphatic carbocycles. The molecule has 1 nitrogen and oxygen atoms in total. The highest BCUT2D eigenvalue weighted by Gasteiger charge is 2.48. The minimum Gasteiger partial charge on any atom is -0.303 e. The molecule has 2 heteroatoms. The molecule has 0 aliphatic heterocycles. The molecular weight excluding hydrogens is 276 g/mol. The lowest BCUT2D eigenvalue weighted by Crippen LogP contribution is -2.45. The van der Waals surface area contributed by atoms with Gasteiger partial charge in [0, 0.05) is 5.92 Å². The van der Waals surface area contributed by atoms with Gasteiger partial charge in [-0.3, -0.25) is 0 Å². The Kier molecular flexibility index (Phi) is 4.12. The molecule has 0 bridgehead atoms.